The molecule has 3 nitrogen and oxygen atoms in total. The Morgan fingerprint density at radius 1 is 1.00 bits per heavy atom. The standard InChI is InChI=1S/C10H7F3NO2S/c11-10(12,13)17(15,16)14-6-5-8-3-1-2-4-9(8)7-14/h1-7H/q+1. The summed E-state index contributed by atoms with van der Waals surface area (Å²) in [5.74, 6) is 0. The van der Waals surface area contributed by atoms with Crippen molar-refractivity contribution in [3.05, 3.63) is 42.7 Å². The van der Waals surface area contributed by atoms with Gasteiger partial charge in [0.05, 0.1) is 0 Å². The molecule has 0 N–H and O–H groups in total. The lowest BCUT2D eigenvalue weighted by atomic mass is 10.2. The number of rotatable bonds is 1. The van der Waals surface area contributed by atoms with E-state index in [0.29, 0.717) is 10.8 Å². The number of benzene rings is 1. The molecule has 0 atom stereocenters. The lowest BCUT2D eigenvalue weighted by Gasteiger charge is -2.03. The first-order valence-corrected chi connectivity index (χ1v) is 5.98. The fourth-order valence-corrected chi connectivity index (χ4v) is 2.10. The highest BCUT2D eigenvalue weighted by molar-refractivity contribution is 7.85. The fraction of sp³-hybridized carbons (Fsp3) is 0.100. The van der Waals surface area contributed by atoms with E-state index in [2.05, 4.69) is 0 Å². The molecular formula is C10H7F3NO2S+. The van der Waals surface area contributed by atoms with Gasteiger partial charge < -0.3 is 0 Å². The zero-order valence-electron chi connectivity index (χ0n) is 8.35. The zero-order valence-corrected chi connectivity index (χ0v) is 9.16. The minimum atomic E-state index is -5.35. The molecule has 0 aliphatic heterocycles. The molecule has 90 valence electrons. The van der Waals surface area contributed by atoms with Gasteiger partial charge in [-0.1, -0.05) is 22.2 Å². The number of alkyl halides is 3. The number of halogens is 3. The number of pyridine rings is 1. The number of aromatic nitrogens is 1. The molecular weight excluding hydrogens is 255 g/mol. The Hall–Kier alpha value is -1.63. The molecule has 0 amide bonds. The molecule has 2 aromatic rings. The second kappa shape index (κ2) is 3.69. The number of hydrogen-bond donors (Lipinski definition) is 0. The van der Waals surface area contributed by atoms with Crippen LogP contribution in [0.4, 0.5) is 13.2 Å². The Balaban J connectivity index is 2.66. The third-order valence-electron chi connectivity index (χ3n) is 2.23. The van der Waals surface area contributed by atoms with Crippen LogP contribution in [-0.2, 0) is 10.0 Å². The Labute approximate surface area is 95.2 Å². The van der Waals surface area contributed by atoms with Crippen LogP contribution >= 0.6 is 0 Å². The topological polar surface area (TPSA) is 38.0 Å². The van der Waals surface area contributed by atoms with Gasteiger partial charge in [0.1, 0.15) is 0 Å². The number of nitrogens with zero attached hydrogens (tertiary/aromatic N) is 1. The maximum absolute atomic E-state index is 12.3. The normalized spacial score (nSPS) is 12.9. The summed E-state index contributed by atoms with van der Waals surface area (Å²) in [5, 5.41) is 1.09. The number of fused-ring (bicyclic) bond motifs is 1. The molecule has 17 heavy (non-hydrogen) atoms. The summed E-state index contributed by atoms with van der Waals surface area (Å²) in [5.41, 5.74) is -5.31. The predicted octanol–water partition coefficient (Wildman–Crippen LogP) is 1.82. The summed E-state index contributed by atoms with van der Waals surface area (Å²) in [6, 6.07) is 7.87. The first kappa shape index (κ1) is 11.8. The van der Waals surface area contributed by atoms with Crippen molar-refractivity contribution >= 4 is 20.8 Å². The van der Waals surface area contributed by atoms with E-state index >= 15 is 0 Å². The summed E-state index contributed by atoms with van der Waals surface area (Å²) >= 11 is 0. The van der Waals surface area contributed by atoms with Crippen molar-refractivity contribution in [2.75, 3.05) is 0 Å². The van der Waals surface area contributed by atoms with Gasteiger partial charge in [0.2, 0.25) is 0 Å². The van der Waals surface area contributed by atoms with Gasteiger partial charge in [0, 0.05) is 11.5 Å². The van der Waals surface area contributed by atoms with E-state index < -0.39 is 15.5 Å². The largest absolute Gasteiger partial charge is 0.560 e. The lowest BCUT2D eigenvalue weighted by Crippen LogP contribution is -2.50. The molecule has 0 aliphatic carbocycles. The highest BCUT2D eigenvalue weighted by Gasteiger charge is 2.54. The third-order valence-corrected chi connectivity index (χ3v) is 3.60. The molecule has 7 heteroatoms. The zero-order chi connectivity index (χ0) is 12.7. The monoisotopic (exact) mass is 262 g/mol. The minimum Gasteiger partial charge on any atom is -0.153 e. The average Bonchev–Trinajstić information content (AvgIpc) is 2.27. The maximum Gasteiger partial charge on any atom is 0.560 e. The van der Waals surface area contributed by atoms with Crippen LogP contribution in [0.1, 0.15) is 0 Å². The molecule has 0 bridgehead atoms. The molecule has 0 fully saturated rings. The van der Waals surface area contributed by atoms with Gasteiger partial charge in [-0.25, -0.2) is 0 Å². The molecule has 0 saturated heterocycles. The Kier molecular flexibility index (Phi) is 2.57. The van der Waals surface area contributed by atoms with Gasteiger partial charge in [-0.2, -0.15) is 21.6 Å². The third kappa shape index (κ3) is 1.97. The maximum atomic E-state index is 12.3. The summed E-state index contributed by atoms with van der Waals surface area (Å²) in [4.78, 5) is 0. The molecule has 1 aromatic carbocycles. The van der Waals surface area contributed by atoms with Crippen molar-refractivity contribution in [3.63, 3.8) is 0 Å². The van der Waals surface area contributed by atoms with E-state index in [1.165, 1.54) is 12.1 Å². The quantitative estimate of drug-likeness (QED) is 0.735. The molecule has 0 aliphatic rings. The minimum absolute atomic E-state index is 0.176. The van der Waals surface area contributed by atoms with E-state index in [1.54, 1.807) is 18.2 Å². The molecule has 1 aromatic heterocycles. The van der Waals surface area contributed by atoms with Crippen LogP contribution in [0, 0.1) is 0 Å². The summed E-state index contributed by atoms with van der Waals surface area (Å²) in [7, 11) is -5.35. The van der Waals surface area contributed by atoms with E-state index in [1.807, 2.05) is 0 Å². The van der Waals surface area contributed by atoms with Gasteiger partial charge in [-0.05, 0) is 11.5 Å². The number of hydrogen-bond acceptors (Lipinski definition) is 2. The predicted molar refractivity (Wildman–Crippen MR) is 54.5 cm³/mol. The van der Waals surface area contributed by atoms with Crippen LogP contribution in [0.25, 0.3) is 10.8 Å². The van der Waals surface area contributed by atoms with Crippen molar-refractivity contribution in [1.82, 2.24) is 0 Å². The average molecular weight is 262 g/mol. The van der Waals surface area contributed by atoms with Crippen LogP contribution in [0.3, 0.4) is 0 Å². The van der Waals surface area contributed by atoms with Crippen LogP contribution in [0.5, 0.6) is 0 Å². The highest BCUT2D eigenvalue weighted by atomic mass is 32.2. The van der Waals surface area contributed by atoms with Crippen molar-refractivity contribution in [2.45, 2.75) is 5.51 Å². The SMILES string of the molecule is O=S(=O)([n+]1ccc2ccccc2c1)C(F)(F)F. The molecule has 0 radical (unpaired) electrons. The first-order chi connectivity index (χ1) is 7.82. The van der Waals surface area contributed by atoms with Crippen LogP contribution in [0.2, 0.25) is 0 Å². The summed E-state index contributed by atoms with van der Waals surface area (Å²) < 4.78 is 59.4. The second-order valence-electron chi connectivity index (χ2n) is 3.35. The molecule has 0 spiro atoms. The van der Waals surface area contributed by atoms with Crippen molar-refractivity contribution in [2.24, 2.45) is 0 Å². The van der Waals surface area contributed by atoms with Crippen LogP contribution in [0.15, 0.2) is 42.7 Å². The van der Waals surface area contributed by atoms with Gasteiger partial charge in [-0.15, -0.1) is 0 Å². The van der Waals surface area contributed by atoms with Gasteiger partial charge in [0.25, 0.3) is 0 Å². The summed E-state index contributed by atoms with van der Waals surface area (Å²) in [6.07, 6.45) is 1.82. The Morgan fingerprint density at radius 3 is 2.18 bits per heavy atom. The summed E-state index contributed by atoms with van der Waals surface area (Å²) in [6.45, 7) is 0. The van der Waals surface area contributed by atoms with Gasteiger partial charge >= 0.3 is 15.5 Å². The van der Waals surface area contributed by atoms with Crippen LogP contribution in [-0.4, -0.2) is 13.9 Å². The molecule has 0 unspecified atom stereocenters. The molecule has 2 rings (SSSR count). The second-order valence-corrected chi connectivity index (χ2v) is 5.19. The lowest BCUT2D eigenvalue weighted by molar-refractivity contribution is -0.516. The molecule has 1 heterocycles. The van der Waals surface area contributed by atoms with Crippen LogP contribution < -0.4 is 3.97 Å². The van der Waals surface area contributed by atoms with E-state index in [4.69, 9.17) is 0 Å². The van der Waals surface area contributed by atoms with Crippen molar-refractivity contribution in [3.8, 4) is 0 Å². The van der Waals surface area contributed by atoms with E-state index in [9.17, 15) is 21.6 Å². The van der Waals surface area contributed by atoms with E-state index in [-0.39, 0.29) is 3.97 Å². The Morgan fingerprint density at radius 2 is 1.59 bits per heavy atom. The molecule has 0 saturated carbocycles. The first-order valence-electron chi connectivity index (χ1n) is 4.54. The highest BCUT2D eigenvalue weighted by Crippen LogP contribution is 2.21. The van der Waals surface area contributed by atoms with Gasteiger partial charge in [-0.3, -0.25) is 0 Å². The Bertz CT molecular complexity index is 665. The van der Waals surface area contributed by atoms with Gasteiger partial charge in [0.15, 0.2) is 12.4 Å². The fourth-order valence-electron chi connectivity index (χ4n) is 1.38. The smallest absolute Gasteiger partial charge is 0.153 e. The van der Waals surface area contributed by atoms with Crippen molar-refractivity contribution < 1.29 is 25.6 Å². The van der Waals surface area contributed by atoms with E-state index in [0.717, 1.165) is 12.4 Å². The van der Waals surface area contributed by atoms with Crippen molar-refractivity contribution in [1.29, 1.82) is 0 Å².